The standard InChI is InChI=1S/C23H26N2O4/c1-4-16-9-11-18(12-10-16)29-15(3)21(26)20-14(2)19(13-24)22(27)25(23(20)28)17-7-5-6-8-17/h9-12,15,17,28H,4-8H2,1-3H3. The van der Waals surface area contributed by atoms with E-state index in [1.807, 2.05) is 18.2 Å². The van der Waals surface area contributed by atoms with Crippen LogP contribution in [0.5, 0.6) is 11.6 Å². The molecule has 1 aromatic heterocycles. The molecular weight excluding hydrogens is 368 g/mol. The van der Waals surface area contributed by atoms with E-state index in [-0.39, 0.29) is 28.6 Å². The number of ketones is 1. The number of carbonyl (C=O) groups excluding carboxylic acids is 1. The maximum absolute atomic E-state index is 13.2. The molecule has 0 amide bonds. The van der Waals surface area contributed by atoms with E-state index >= 15 is 0 Å². The highest BCUT2D eigenvalue weighted by Crippen LogP contribution is 2.34. The zero-order chi connectivity index (χ0) is 21.1. The second kappa shape index (κ2) is 8.52. The highest BCUT2D eigenvalue weighted by molar-refractivity contribution is 6.03. The third kappa shape index (κ3) is 3.91. The molecule has 1 N–H and O–H groups in total. The molecule has 1 unspecified atom stereocenters. The molecule has 6 heteroatoms. The Bertz CT molecular complexity index is 1010. The number of aryl methyl sites for hydroxylation is 1. The minimum absolute atomic E-state index is 0.00858. The predicted molar refractivity (Wildman–Crippen MR) is 110 cm³/mol. The first kappa shape index (κ1) is 20.7. The van der Waals surface area contributed by atoms with Crippen LogP contribution in [-0.4, -0.2) is 21.6 Å². The normalized spacial score (nSPS) is 15.1. The molecule has 1 heterocycles. The van der Waals surface area contributed by atoms with Crippen molar-refractivity contribution >= 4 is 5.78 Å². The van der Waals surface area contributed by atoms with Crippen molar-refractivity contribution in [2.75, 3.05) is 0 Å². The second-order valence-electron chi connectivity index (χ2n) is 7.55. The van der Waals surface area contributed by atoms with Crippen molar-refractivity contribution in [1.82, 2.24) is 4.57 Å². The summed E-state index contributed by atoms with van der Waals surface area (Å²) in [6.07, 6.45) is 3.40. The van der Waals surface area contributed by atoms with E-state index in [4.69, 9.17) is 4.74 Å². The first-order chi connectivity index (χ1) is 13.9. The second-order valence-corrected chi connectivity index (χ2v) is 7.55. The molecule has 3 rings (SSSR count). The van der Waals surface area contributed by atoms with Gasteiger partial charge >= 0.3 is 0 Å². The van der Waals surface area contributed by atoms with Crippen LogP contribution in [0.2, 0.25) is 0 Å². The number of benzene rings is 1. The zero-order valence-electron chi connectivity index (χ0n) is 17.1. The zero-order valence-corrected chi connectivity index (χ0v) is 17.1. The lowest BCUT2D eigenvalue weighted by Crippen LogP contribution is -2.32. The predicted octanol–water partition coefficient (Wildman–Crippen LogP) is 4.06. The number of ether oxygens (including phenoxy) is 1. The lowest BCUT2D eigenvalue weighted by molar-refractivity contribution is 0.0812. The van der Waals surface area contributed by atoms with Gasteiger partial charge in [-0.3, -0.25) is 14.2 Å². The van der Waals surface area contributed by atoms with Crippen molar-refractivity contribution in [2.45, 2.75) is 65.0 Å². The highest BCUT2D eigenvalue weighted by atomic mass is 16.5. The number of hydrogen-bond acceptors (Lipinski definition) is 5. The van der Waals surface area contributed by atoms with E-state index in [9.17, 15) is 20.0 Å². The molecule has 6 nitrogen and oxygen atoms in total. The molecule has 1 atom stereocenters. The molecule has 152 valence electrons. The fourth-order valence-corrected chi connectivity index (χ4v) is 3.98. The van der Waals surface area contributed by atoms with Crippen LogP contribution in [0.1, 0.15) is 72.6 Å². The Labute approximate surface area is 170 Å². The smallest absolute Gasteiger partial charge is 0.271 e. The maximum Gasteiger partial charge on any atom is 0.271 e. The fourth-order valence-electron chi connectivity index (χ4n) is 3.98. The number of nitriles is 1. The lowest BCUT2D eigenvalue weighted by Gasteiger charge is -2.21. The molecule has 0 saturated heterocycles. The van der Waals surface area contributed by atoms with Crippen LogP contribution in [0, 0.1) is 18.3 Å². The van der Waals surface area contributed by atoms with Crippen LogP contribution in [0.3, 0.4) is 0 Å². The average Bonchev–Trinajstić information content (AvgIpc) is 3.23. The summed E-state index contributed by atoms with van der Waals surface area (Å²) in [5.41, 5.74) is 0.719. The Morgan fingerprint density at radius 2 is 1.93 bits per heavy atom. The number of Topliss-reactive ketones (excluding diaryl/α,β-unsaturated/α-hetero) is 1. The summed E-state index contributed by atoms with van der Waals surface area (Å²) in [6, 6.07) is 9.19. The quantitative estimate of drug-likeness (QED) is 0.746. The summed E-state index contributed by atoms with van der Waals surface area (Å²) in [4.78, 5) is 25.9. The molecule has 1 saturated carbocycles. The Balaban J connectivity index is 1.99. The molecule has 1 aromatic carbocycles. The van der Waals surface area contributed by atoms with Gasteiger partial charge in [-0.25, -0.2) is 0 Å². The van der Waals surface area contributed by atoms with E-state index < -0.39 is 17.4 Å². The van der Waals surface area contributed by atoms with Crippen molar-refractivity contribution < 1.29 is 14.6 Å². The van der Waals surface area contributed by atoms with E-state index in [0.717, 1.165) is 37.7 Å². The van der Waals surface area contributed by atoms with Gasteiger partial charge in [0.25, 0.3) is 5.56 Å². The highest BCUT2D eigenvalue weighted by Gasteiger charge is 2.31. The van der Waals surface area contributed by atoms with E-state index in [1.165, 1.54) is 11.5 Å². The summed E-state index contributed by atoms with van der Waals surface area (Å²) in [6.45, 7) is 5.18. The molecule has 1 aliphatic rings. The van der Waals surface area contributed by atoms with Crippen LogP contribution < -0.4 is 10.3 Å². The van der Waals surface area contributed by atoms with Crippen LogP contribution in [-0.2, 0) is 6.42 Å². The van der Waals surface area contributed by atoms with E-state index in [0.29, 0.717) is 5.75 Å². The molecule has 0 aliphatic heterocycles. The molecule has 0 radical (unpaired) electrons. The molecule has 1 aliphatic carbocycles. The van der Waals surface area contributed by atoms with Crippen molar-refractivity contribution in [3.05, 3.63) is 56.9 Å². The van der Waals surface area contributed by atoms with E-state index in [1.54, 1.807) is 19.1 Å². The minimum atomic E-state index is -0.881. The molecule has 2 aromatic rings. The molecule has 0 spiro atoms. The largest absolute Gasteiger partial charge is 0.494 e. The van der Waals surface area contributed by atoms with Gasteiger partial charge in [-0.05, 0) is 56.4 Å². The number of hydrogen-bond donors (Lipinski definition) is 1. The number of pyridine rings is 1. The van der Waals surface area contributed by atoms with Gasteiger partial charge in [0.1, 0.15) is 17.4 Å². The third-order valence-electron chi connectivity index (χ3n) is 5.70. The number of aromatic hydroxyl groups is 1. The molecular formula is C23H26N2O4. The van der Waals surface area contributed by atoms with Gasteiger partial charge in [0.05, 0.1) is 5.56 Å². The van der Waals surface area contributed by atoms with Gasteiger partial charge in [0, 0.05) is 6.04 Å². The lowest BCUT2D eigenvalue weighted by atomic mass is 9.98. The Morgan fingerprint density at radius 3 is 2.48 bits per heavy atom. The van der Waals surface area contributed by atoms with Gasteiger partial charge in [-0.2, -0.15) is 5.26 Å². The average molecular weight is 394 g/mol. The first-order valence-corrected chi connectivity index (χ1v) is 10.1. The fraction of sp³-hybridized carbons (Fsp3) is 0.435. The van der Waals surface area contributed by atoms with E-state index in [2.05, 4.69) is 6.92 Å². The summed E-state index contributed by atoms with van der Waals surface area (Å²) in [7, 11) is 0. The SMILES string of the molecule is CCc1ccc(OC(C)C(=O)c2c(C)c(C#N)c(=O)n(C3CCCC3)c2O)cc1. The number of rotatable bonds is 6. The summed E-state index contributed by atoms with van der Waals surface area (Å²) < 4.78 is 7.01. The Kier molecular flexibility index (Phi) is 6.07. The van der Waals surface area contributed by atoms with Crippen LogP contribution in [0.4, 0.5) is 0 Å². The molecule has 0 bridgehead atoms. The minimum Gasteiger partial charge on any atom is -0.494 e. The molecule has 1 fully saturated rings. The third-order valence-corrected chi connectivity index (χ3v) is 5.70. The van der Waals surface area contributed by atoms with Gasteiger partial charge in [-0.1, -0.05) is 31.9 Å². The summed E-state index contributed by atoms with van der Waals surface area (Å²) in [5.74, 6) is -0.271. The first-order valence-electron chi connectivity index (χ1n) is 10.1. The maximum atomic E-state index is 13.2. The van der Waals surface area contributed by atoms with Crippen LogP contribution >= 0.6 is 0 Å². The topological polar surface area (TPSA) is 92.3 Å². The summed E-state index contributed by atoms with van der Waals surface area (Å²) in [5, 5.41) is 20.4. The number of aromatic nitrogens is 1. The van der Waals surface area contributed by atoms with Crippen LogP contribution in [0.25, 0.3) is 0 Å². The number of carbonyl (C=O) groups is 1. The van der Waals surface area contributed by atoms with Crippen molar-refractivity contribution in [2.24, 2.45) is 0 Å². The van der Waals surface area contributed by atoms with Gasteiger partial charge in [0.15, 0.2) is 6.10 Å². The monoisotopic (exact) mass is 394 g/mol. The van der Waals surface area contributed by atoms with Gasteiger partial charge in [0.2, 0.25) is 11.7 Å². The van der Waals surface area contributed by atoms with Crippen molar-refractivity contribution in [3.63, 3.8) is 0 Å². The summed E-state index contributed by atoms with van der Waals surface area (Å²) >= 11 is 0. The van der Waals surface area contributed by atoms with Crippen molar-refractivity contribution in [1.29, 1.82) is 5.26 Å². The Morgan fingerprint density at radius 1 is 1.31 bits per heavy atom. The van der Waals surface area contributed by atoms with Gasteiger partial charge < -0.3 is 9.84 Å². The Hall–Kier alpha value is -3.07. The van der Waals surface area contributed by atoms with Crippen molar-refractivity contribution in [3.8, 4) is 17.7 Å². The van der Waals surface area contributed by atoms with Gasteiger partial charge in [-0.15, -0.1) is 0 Å². The van der Waals surface area contributed by atoms with Crippen LogP contribution in [0.15, 0.2) is 29.1 Å². The molecule has 29 heavy (non-hydrogen) atoms. The number of nitrogens with zero attached hydrogens (tertiary/aromatic N) is 2.